The molecule has 2 rings (SSSR count). The minimum Gasteiger partial charge on any atom is -0.334 e. The Morgan fingerprint density at radius 3 is 2.52 bits per heavy atom. The number of halogens is 3. The van der Waals surface area contributed by atoms with E-state index in [-0.39, 0.29) is 11.6 Å². The van der Waals surface area contributed by atoms with Gasteiger partial charge in [0.2, 0.25) is 0 Å². The lowest BCUT2D eigenvalue weighted by molar-refractivity contribution is 0.0736. The van der Waals surface area contributed by atoms with E-state index in [0.717, 1.165) is 16.6 Å². The molecular weight excluding hydrogens is 342 g/mol. The predicted molar refractivity (Wildman–Crippen MR) is 78.8 cm³/mol. The average Bonchev–Trinajstić information content (AvgIpc) is 2.48. The summed E-state index contributed by atoms with van der Waals surface area (Å²) >= 11 is 3.25. The third kappa shape index (κ3) is 3.44. The topological polar surface area (TPSA) is 33.2 Å². The van der Waals surface area contributed by atoms with Gasteiger partial charge in [0.1, 0.15) is 5.69 Å². The van der Waals surface area contributed by atoms with E-state index >= 15 is 0 Å². The highest BCUT2D eigenvalue weighted by Crippen LogP contribution is 2.22. The molecule has 6 heteroatoms. The molecule has 0 aliphatic heterocycles. The molecule has 0 radical (unpaired) electrons. The number of benzene rings is 1. The first-order valence-corrected chi connectivity index (χ1v) is 7.03. The zero-order chi connectivity index (χ0) is 15.6. The molecule has 1 heterocycles. The first kappa shape index (κ1) is 15.6. The van der Waals surface area contributed by atoms with Crippen LogP contribution in [-0.4, -0.2) is 22.8 Å². The molecule has 21 heavy (non-hydrogen) atoms. The fourth-order valence-electron chi connectivity index (χ4n) is 1.85. The van der Waals surface area contributed by atoms with Crippen molar-refractivity contribution in [3.05, 3.63) is 63.9 Å². The number of amides is 1. The Morgan fingerprint density at radius 2 is 1.95 bits per heavy atom. The van der Waals surface area contributed by atoms with Gasteiger partial charge in [-0.1, -0.05) is 6.07 Å². The Bertz CT molecular complexity index is 661. The van der Waals surface area contributed by atoms with Gasteiger partial charge in [0.15, 0.2) is 11.6 Å². The SMILES string of the molecule is CC(c1ccc(F)c(F)c1)N(C)C(=O)c1ccc(Br)cn1. The largest absolute Gasteiger partial charge is 0.334 e. The zero-order valence-corrected chi connectivity index (χ0v) is 13.1. The number of hydrogen-bond acceptors (Lipinski definition) is 2. The van der Waals surface area contributed by atoms with Gasteiger partial charge in [0.05, 0.1) is 6.04 Å². The van der Waals surface area contributed by atoms with Crippen molar-refractivity contribution in [1.29, 1.82) is 0 Å². The van der Waals surface area contributed by atoms with Crippen LogP contribution < -0.4 is 0 Å². The summed E-state index contributed by atoms with van der Waals surface area (Å²) in [7, 11) is 1.60. The van der Waals surface area contributed by atoms with Gasteiger partial charge in [-0.05, 0) is 52.7 Å². The molecule has 0 fully saturated rings. The molecule has 0 N–H and O–H groups in total. The monoisotopic (exact) mass is 354 g/mol. The molecule has 0 aliphatic rings. The summed E-state index contributed by atoms with van der Waals surface area (Å²) in [6.45, 7) is 1.74. The highest BCUT2D eigenvalue weighted by Gasteiger charge is 2.20. The lowest BCUT2D eigenvalue weighted by Crippen LogP contribution is -2.30. The zero-order valence-electron chi connectivity index (χ0n) is 11.5. The van der Waals surface area contributed by atoms with Crippen LogP contribution in [0.1, 0.15) is 29.0 Å². The normalized spacial score (nSPS) is 12.0. The van der Waals surface area contributed by atoms with Gasteiger partial charge in [-0.25, -0.2) is 13.8 Å². The number of aromatic nitrogens is 1. The van der Waals surface area contributed by atoms with Crippen LogP contribution in [0.25, 0.3) is 0 Å². The molecule has 1 aromatic carbocycles. The van der Waals surface area contributed by atoms with Crippen molar-refractivity contribution in [3.8, 4) is 0 Å². The number of nitrogens with zero attached hydrogens (tertiary/aromatic N) is 2. The number of carbonyl (C=O) groups excluding carboxylic acids is 1. The minimum atomic E-state index is -0.929. The number of hydrogen-bond donors (Lipinski definition) is 0. The van der Waals surface area contributed by atoms with E-state index in [9.17, 15) is 13.6 Å². The molecule has 3 nitrogen and oxygen atoms in total. The second kappa shape index (κ2) is 6.30. The minimum absolute atomic E-state index is 0.287. The molecule has 0 saturated heterocycles. The summed E-state index contributed by atoms with van der Waals surface area (Å²) in [5, 5.41) is 0. The quantitative estimate of drug-likeness (QED) is 0.835. The Hall–Kier alpha value is -1.82. The van der Waals surface area contributed by atoms with E-state index in [0.29, 0.717) is 5.56 Å². The van der Waals surface area contributed by atoms with Crippen LogP contribution in [0.5, 0.6) is 0 Å². The van der Waals surface area contributed by atoms with Crippen LogP contribution in [0.4, 0.5) is 8.78 Å². The molecule has 1 atom stereocenters. The van der Waals surface area contributed by atoms with Gasteiger partial charge >= 0.3 is 0 Å². The smallest absolute Gasteiger partial charge is 0.272 e. The van der Waals surface area contributed by atoms with Crippen LogP contribution in [0.3, 0.4) is 0 Å². The average molecular weight is 355 g/mol. The van der Waals surface area contributed by atoms with Crippen molar-refractivity contribution in [1.82, 2.24) is 9.88 Å². The van der Waals surface area contributed by atoms with E-state index in [1.54, 1.807) is 26.1 Å². The third-order valence-electron chi connectivity index (χ3n) is 3.27. The number of carbonyl (C=O) groups is 1. The van der Waals surface area contributed by atoms with Crippen LogP contribution in [-0.2, 0) is 0 Å². The number of pyridine rings is 1. The van der Waals surface area contributed by atoms with Crippen molar-refractivity contribution in [3.63, 3.8) is 0 Å². The van der Waals surface area contributed by atoms with Crippen molar-refractivity contribution in [2.24, 2.45) is 0 Å². The molecule has 0 aliphatic carbocycles. The van der Waals surface area contributed by atoms with Gasteiger partial charge in [-0.2, -0.15) is 0 Å². The van der Waals surface area contributed by atoms with E-state index in [2.05, 4.69) is 20.9 Å². The van der Waals surface area contributed by atoms with Gasteiger partial charge in [0, 0.05) is 17.7 Å². The summed E-state index contributed by atoms with van der Waals surface area (Å²) in [6.07, 6.45) is 1.53. The van der Waals surface area contributed by atoms with E-state index in [1.807, 2.05) is 0 Å². The molecule has 0 bridgehead atoms. The molecule has 1 amide bonds. The Kier molecular flexibility index (Phi) is 4.67. The second-order valence-electron chi connectivity index (χ2n) is 4.63. The third-order valence-corrected chi connectivity index (χ3v) is 3.74. The van der Waals surface area contributed by atoms with E-state index in [4.69, 9.17) is 0 Å². The first-order chi connectivity index (χ1) is 9.90. The Labute approximate surface area is 129 Å². The molecule has 0 spiro atoms. The molecular formula is C15H13BrF2N2O. The Balaban J connectivity index is 2.21. The van der Waals surface area contributed by atoms with Gasteiger partial charge in [-0.3, -0.25) is 4.79 Å². The summed E-state index contributed by atoms with van der Waals surface area (Å²) in [5.41, 5.74) is 0.803. The van der Waals surface area contributed by atoms with E-state index in [1.165, 1.54) is 17.2 Å². The maximum atomic E-state index is 13.3. The lowest BCUT2D eigenvalue weighted by Gasteiger charge is -2.25. The van der Waals surface area contributed by atoms with Crippen molar-refractivity contribution in [2.45, 2.75) is 13.0 Å². The highest BCUT2D eigenvalue weighted by atomic mass is 79.9. The maximum Gasteiger partial charge on any atom is 0.272 e. The van der Waals surface area contributed by atoms with Crippen LogP contribution >= 0.6 is 15.9 Å². The second-order valence-corrected chi connectivity index (χ2v) is 5.54. The van der Waals surface area contributed by atoms with Crippen molar-refractivity contribution < 1.29 is 13.6 Å². The van der Waals surface area contributed by atoms with Gasteiger partial charge in [-0.15, -0.1) is 0 Å². The first-order valence-electron chi connectivity index (χ1n) is 6.24. The van der Waals surface area contributed by atoms with Crippen LogP contribution in [0, 0.1) is 11.6 Å². The molecule has 1 aromatic heterocycles. The van der Waals surface area contributed by atoms with Crippen LogP contribution in [0.2, 0.25) is 0 Å². The molecule has 110 valence electrons. The lowest BCUT2D eigenvalue weighted by atomic mass is 10.1. The van der Waals surface area contributed by atoms with Crippen molar-refractivity contribution >= 4 is 21.8 Å². The van der Waals surface area contributed by atoms with Crippen LogP contribution in [0.15, 0.2) is 41.0 Å². The van der Waals surface area contributed by atoms with Gasteiger partial charge < -0.3 is 4.90 Å². The molecule has 0 saturated carbocycles. The van der Waals surface area contributed by atoms with Gasteiger partial charge in [0.25, 0.3) is 5.91 Å². The standard InChI is InChI=1S/C15H13BrF2N2O/c1-9(10-3-5-12(17)13(18)7-10)20(2)15(21)14-6-4-11(16)8-19-14/h3-9H,1-2H3. The summed E-state index contributed by atoms with van der Waals surface area (Å²) in [5.74, 6) is -2.13. The fourth-order valence-corrected chi connectivity index (χ4v) is 2.09. The number of rotatable bonds is 3. The fraction of sp³-hybridized carbons (Fsp3) is 0.200. The molecule has 1 unspecified atom stereocenters. The summed E-state index contributed by atoms with van der Waals surface area (Å²) in [4.78, 5) is 17.8. The molecule has 2 aromatic rings. The summed E-state index contributed by atoms with van der Waals surface area (Å²) < 4.78 is 27.0. The van der Waals surface area contributed by atoms with Crippen molar-refractivity contribution in [2.75, 3.05) is 7.05 Å². The highest BCUT2D eigenvalue weighted by molar-refractivity contribution is 9.10. The maximum absolute atomic E-state index is 13.3. The summed E-state index contributed by atoms with van der Waals surface area (Å²) in [6, 6.07) is 6.52. The Morgan fingerprint density at radius 1 is 1.24 bits per heavy atom. The predicted octanol–water partition coefficient (Wildman–Crippen LogP) is 3.96. The van der Waals surface area contributed by atoms with E-state index < -0.39 is 17.7 Å².